The summed E-state index contributed by atoms with van der Waals surface area (Å²) in [6.45, 7) is 8.08. The first-order chi connectivity index (χ1) is 12.0. The van der Waals surface area contributed by atoms with Gasteiger partial charge in [-0.2, -0.15) is 0 Å². The van der Waals surface area contributed by atoms with Crippen molar-refractivity contribution in [3.8, 4) is 0 Å². The zero-order chi connectivity index (χ0) is 18.1. The lowest BCUT2D eigenvalue weighted by Crippen LogP contribution is -2.31. The molecule has 0 radical (unpaired) electrons. The molecule has 0 N–H and O–H groups in total. The first-order valence-electron chi connectivity index (χ1n) is 8.63. The third-order valence-electron chi connectivity index (χ3n) is 5.02. The molecule has 25 heavy (non-hydrogen) atoms. The van der Waals surface area contributed by atoms with E-state index in [2.05, 4.69) is 24.9 Å². The summed E-state index contributed by atoms with van der Waals surface area (Å²) in [6, 6.07) is 9.81. The molecule has 130 valence electrons. The van der Waals surface area contributed by atoms with E-state index in [0.29, 0.717) is 5.76 Å². The van der Waals surface area contributed by atoms with Gasteiger partial charge in [0.1, 0.15) is 5.58 Å². The van der Waals surface area contributed by atoms with Crippen molar-refractivity contribution in [2.24, 2.45) is 0 Å². The molecule has 1 atom stereocenters. The summed E-state index contributed by atoms with van der Waals surface area (Å²) in [5, 5.41) is 1.01. The fraction of sp³-hybridized carbons (Fsp3) is 0.333. The van der Waals surface area contributed by atoms with Gasteiger partial charge in [-0.15, -0.1) is 0 Å². The number of fused-ring (bicyclic) bond motifs is 1. The molecule has 0 saturated carbocycles. The highest BCUT2D eigenvalue weighted by molar-refractivity contribution is 5.99. The molecule has 0 saturated heterocycles. The SMILES string of the molecule is CCC(c1ccccn1)N(C)C(=O)c1oc2c(C)c(C)ccc2c1C. The van der Waals surface area contributed by atoms with Gasteiger partial charge < -0.3 is 9.32 Å². The average molecular weight is 336 g/mol. The number of furan rings is 1. The monoisotopic (exact) mass is 336 g/mol. The summed E-state index contributed by atoms with van der Waals surface area (Å²) in [5.74, 6) is 0.309. The van der Waals surface area contributed by atoms with Crippen LogP contribution in [-0.2, 0) is 0 Å². The second-order valence-electron chi connectivity index (χ2n) is 6.54. The van der Waals surface area contributed by atoms with Gasteiger partial charge in [0, 0.05) is 24.2 Å². The summed E-state index contributed by atoms with van der Waals surface area (Å²) < 4.78 is 6.01. The first kappa shape index (κ1) is 17.2. The topological polar surface area (TPSA) is 46.3 Å². The standard InChI is InChI=1S/C21H24N2O2/c1-6-18(17-9-7-8-12-22-17)23(5)21(24)20-15(4)16-11-10-13(2)14(3)19(16)25-20/h7-12,18H,6H2,1-5H3. The third-order valence-corrected chi connectivity index (χ3v) is 5.02. The van der Waals surface area contributed by atoms with Gasteiger partial charge in [0.2, 0.25) is 0 Å². The van der Waals surface area contributed by atoms with E-state index in [0.717, 1.165) is 39.8 Å². The van der Waals surface area contributed by atoms with Crippen LogP contribution in [0.1, 0.15) is 52.3 Å². The van der Waals surface area contributed by atoms with E-state index in [9.17, 15) is 4.79 Å². The Morgan fingerprint density at radius 2 is 1.92 bits per heavy atom. The molecular formula is C21H24N2O2. The fourth-order valence-electron chi connectivity index (χ4n) is 3.28. The lowest BCUT2D eigenvalue weighted by molar-refractivity contribution is 0.0692. The number of aromatic nitrogens is 1. The molecule has 2 heterocycles. The molecular weight excluding hydrogens is 312 g/mol. The minimum atomic E-state index is -0.108. The number of rotatable bonds is 4. The number of pyridine rings is 1. The number of amides is 1. The Balaban J connectivity index is 2.01. The lowest BCUT2D eigenvalue weighted by atomic mass is 10.0. The van der Waals surface area contributed by atoms with Crippen LogP contribution in [0.4, 0.5) is 0 Å². The van der Waals surface area contributed by atoms with E-state index in [1.54, 1.807) is 11.1 Å². The third kappa shape index (κ3) is 2.93. The average Bonchev–Trinajstić information content (AvgIpc) is 2.96. The maximum absolute atomic E-state index is 13.1. The summed E-state index contributed by atoms with van der Waals surface area (Å²) in [4.78, 5) is 19.3. The maximum Gasteiger partial charge on any atom is 0.290 e. The molecule has 0 fully saturated rings. The number of aryl methyl sites for hydroxylation is 3. The van der Waals surface area contributed by atoms with Gasteiger partial charge in [-0.1, -0.05) is 25.1 Å². The number of carbonyl (C=O) groups is 1. The summed E-state index contributed by atoms with van der Waals surface area (Å²) in [6.07, 6.45) is 2.55. The first-order valence-corrected chi connectivity index (χ1v) is 8.63. The van der Waals surface area contributed by atoms with Crippen molar-refractivity contribution < 1.29 is 9.21 Å². The Morgan fingerprint density at radius 3 is 2.56 bits per heavy atom. The van der Waals surface area contributed by atoms with Gasteiger partial charge in [0.25, 0.3) is 5.91 Å². The highest BCUT2D eigenvalue weighted by Gasteiger charge is 2.27. The molecule has 2 aromatic heterocycles. The van der Waals surface area contributed by atoms with Crippen molar-refractivity contribution in [1.82, 2.24) is 9.88 Å². The Hall–Kier alpha value is -2.62. The Labute approximate surface area is 148 Å². The van der Waals surface area contributed by atoms with Gasteiger partial charge in [0.05, 0.1) is 11.7 Å². The summed E-state index contributed by atoms with van der Waals surface area (Å²) >= 11 is 0. The van der Waals surface area contributed by atoms with Crippen molar-refractivity contribution in [3.05, 3.63) is 64.7 Å². The smallest absolute Gasteiger partial charge is 0.290 e. The Kier molecular flexibility index (Phi) is 4.62. The quantitative estimate of drug-likeness (QED) is 0.675. The highest BCUT2D eigenvalue weighted by Crippen LogP contribution is 2.31. The van der Waals surface area contributed by atoms with Crippen LogP contribution in [0.25, 0.3) is 11.0 Å². The van der Waals surface area contributed by atoms with Gasteiger partial charge in [-0.05, 0) is 50.5 Å². The zero-order valence-electron chi connectivity index (χ0n) is 15.5. The van der Waals surface area contributed by atoms with Crippen molar-refractivity contribution in [2.45, 2.75) is 40.2 Å². The molecule has 1 amide bonds. The molecule has 0 bridgehead atoms. The number of hydrogen-bond donors (Lipinski definition) is 0. The Morgan fingerprint density at radius 1 is 1.16 bits per heavy atom. The zero-order valence-corrected chi connectivity index (χ0v) is 15.5. The molecule has 3 rings (SSSR count). The van der Waals surface area contributed by atoms with E-state index >= 15 is 0 Å². The van der Waals surface area contributed by atoms with E-state index in [-0.39, 0.29) is 11.9 Å². The summed E-state index contributed by atoms with van der Waals surface area (Å²) in [7, 11) is 1.82. The molecule has 0 aliphatic rings. The largest absolute Gasteiger partial charge is 0.450 e. The lowest BCUT2D eigenvalue weighted by Gasteiger charge is -2.26. The molecule has 0 aliphatic heterocycles. The summed E-state index contributed by atoms with van der Waals surface area (Å²) in [5.41, 5.74) is 4.83. The number of hydrogen-bond acceptors (Lipinski definition) is 3. The Bertz CT molecular complexity index is 913. The van der Waals surface area contributed by atoms with E-state index in [1.165, 1.54) is 0 Å². The van der Waals surface area contributed by atoms with Gasteiger partial charge in [-0.3, -0.25) is 9.78 Å². The number of carbonyl (C=O) groups excluding carboxylic acids is 1. The maximum atomic E-state index is 13.1. The van der Waals surface area contributed by atoms with Crippen molar-refractivity contribution in [3.63, 3.8) is 0 Å². The van der Waals surface area contributed by atoms with E-state index < -0.39 is 0 Å². The number of nitrogens with zero attached hydrogens (tertiary/aromatic N) is 2. The van der Waals surface area contributed by atoms with Crippen LogP contribution < -0.4 is 0 Å². The van der Waals surface area contributed by atoms with E-state index in [4.69, 9.17) is 4.42 Å². The molecule has 0 spiro atoms. The van der Waals surface area contributed by atoms with Crippen molar-refractivity contribution >= 4 is 16.9 Å². The van der Waals surface area contributed by atoms with Gasteiger partial charge in [-0.25, -0.2) is 0 Å². The van der Waals surface area contributed by atoms with Crippen LogP contribution in [-0.4, -0.2) is 22.8 Å². The highest BCUT2D eigenvalue weighted by atomic mass is 16.3. The molecule has 0 aliphatic carbocycles. The van der Waals surface area contributed by atoms with E-state index in [1.807, 2.05) is 45.2 Å². The molecule has 1 aromatic carbocycles. The molecule has 4 heteroatoms. The normalized spacial score (nSPS) is 12.4. The molecule has 1 unspecified atom stereocenters. The van der Waals surface area contributed by atoms with Crippen LogP contribution in [0, 0.1) is 20.8 Å². The van der Waals surface area contributed by atoms with Crippen LogP contribution in [0.15, 0.2) is 40.9 Å². The molecule has 3 aromatic rings. The molecule has 4 nitrogen and oxygen atoms in total. The fourth-order valence-corrected chi connectivity index (χ4v) is 3.28. The minimum absolute atomic E-state index is 0.0795. The second kappa shape index (κ2) is 6.71. The van der Waals surface area contributed by atoms with Crippen LogP contribution in [0.2, 0.25) is 0 Å². The minimum Gasteiger partial charge on any atom is -0.450 e. The van der Waals surface area contributed by atoms with Gasteiger partial charge >= 0.3 is 0 Å². The second-order valence-corrected chi connectivity index (χ2v) is 6.54. The van der Waals surface area contributed by atoms with Crippen LogP contribution in [0.3, 0.4) is 0 Å². The predicted molar refractivity (Wildman–Crippen MR) is 99.8 cm³/mol. The van der Waals surface area contributed by atoms with Crippen molar-refractivity contribution in [2.75, 3.05) is 7.05 Å². The van der Waals surface area contributed by atoms with Crippen LogP contribution >= 0.6 is 0 Å². The predicted octanol–water partition coefficient (Wildman–Crippen LogP) is 4.98. The van der Waals surface area contributed by atoms with Crippen molar-refractivity contribution in [1.29, 1.82) is 0 Å². The number of benzene rings is 1. The van der Waals surface area contributed by atoms with Gasteiger partial charge in [0.15, 0.2) is 5.76 Å². The van der Waals surface area contributed by atoms with Crippen LogP contribution in [0.5, 0.6) is 0 Å².